The fourth-order valence-corrected chi connectivity index (χ4v) is 3.06. The van der Waals surface area contributed by atoms with Gasteiger partial charge in [0.15, 0.2) is 4.77 Å². The van der Waals surface area contributed by atoms with Crippen molar-refractivity contribution in [2.24, 2.45) is 0 Å². The third kappa shape index (κ3) is 2.57. The molecule has 1 heterocycles. The Bertz CT molecular complexity index is 836. The van der Waals surface area contributed by atoms with Crippen LogP contribution in [-0.4, -0.2) is 16.7 Å². The number of fused-ring (bicyclic) bond motifs is 1. The molecule has 0 amide bonds. The molecule has 5 heteroatoms. The highest BCUT2D eigenvalue weighted by Gasteiger charge is 2.13. The summed E-state index contributed by atoms with van der Waals surface area (Å²) in [6, 6.07) is 13.9. The molecule has 0 aliphatic carbocycles. The fourth-order valence-electron chi connectivity index (χ4n) is 2.52. The largest absolute Gasteiger partial charge is 0.497 e. The van der Waals surface area contributed by atoms with Crippen molar-refractivity contribution in [2.75, 3.05) is 7.11 Å². The van der Waals surface area contributed by atoms with Gasteiger partial charge in [-0.2, -0.15) is 0 Å². The minimum absolute atomic E-state index is 0.123. The highest BCUT2D eigenvalue weighted by molar-refractivity contribution is 7.71. The fraction of sp³-hybridized carbons (Fsp3) is 0.188. The third-order valence-electron chi connectivity index (χ3n) is 3.66. The second kappa shape index (κ2) is 5.54. The van der Waals surface area contributed by atoms with Crippen LogP contribution in [0.2, 0.25) is 5.02 Å². The molecule has 0 aliphatic rings. The zero-order valence-corrected chi connectivity index (χ0v) is 13.3. The Morgan fingerprint density at radius 2 is 1.90 bits per heavy atom. The lowest BCUT2D eigenvalue weighted by Gasteiger charge is -2.15. The van der Waals surface area contributed by atoms with E-state index in [1.54, 1.807) is 7.11 Å². The van der Waals surface area contributed by atoms with Gasteiger partial charge in [0.2, 0.25) is 0 Å². The number of halogens is 1. The molecule has 0 saturated carbocycles. The summed E-state index contributed by atoms with van der Waals surface area (Å²) in [5.41, 5.74) is 3.17. The zero-order valence-electron chi connectivity index (χ0n) is 11.8. The summed E-state index contributed by atoms with van der Waals surface area (Å²) in [6.45, 7) is 2.12. The van der Waals surface area contributed by atoms with Gasteiger partial charge in [-0.05, 0) is 55.0 Å². The van der Waals surface area contributed by atoms with Gasteiger partial charge in [0.1, 0.15) is 5.75 Å². The Kier molecular flexibility index (Phi) is 3.74. The number of ether oxygens (including phenoxy) is 1. The minimum Gasteiger partial charge on any atom is -0.497 e. The second-order valence-electron chi connectivity index (χ2n) is 4.91. The molecular weight excluding hydrogens is 304 g/mol. The van der Waals surface area contributed by atoms with E-state index >= 15 is 0 Å². The molecule has 1 aromatic heterocycles. The lowest BCUT2D eigenvalue weighted by Crippen LogP contribution is -2.06. The number of rotatable bonds is 3. The molecule has 2 aromatic carbocycles. The summed E-state index contributed by atoms with van der Waals surface area (Å²) in [7, 11) is 1.66. The van der Waals surface area contributed by atoms with Crippen LogP contribution in [0.5, 0.6) is 5.75 Å². The lowest BCUT2D eigenvalue weighted by molar-refractivity contribution is 0.414. The van der Waals surface area contributed by atoms with Crippen LogP contribution in [0, 0.1) is 4.77 Å². The highest BCUT2D eigenvalue weighted by atomic mass is 35.5. The first-order valence-electron chi connectivity index (χ1n) is 6.64. The van der Waals surface area contributed by atoms with Crippen LogP contribution in [-0.2, 0) is 0 Å². The van der Waals surface area contributed by atoms with E-state index in [0.29, 0.717) is 9.79 Å². The molecule has 0 saturated heterocycles. The average Bonchev–Trinajstić information content (AvgIpc) is 2.81. The van der Waals surface area contributed by atoms with Crippen LogP contribution in [0.3, 0.4) is 0 Å². The van der Waals surface area contributed by atoms with Crippen molar-refractivity contribution in [2.45, 2.75) is 13.0 Å². The third-order valence-corrected chi connectivity index (χ3v) is 4.20. The molecule has 0 spiro atoms. The number of aromatic amines is 1. The number of methoxy groups -OCH3 is 1. The summed E-state index contributed by atoms with van der Waals surface area (Å²) in [4.78, 5) is 3.21. The van der Waals surface area contributed by atoms with E-state index in [4.69, 9.17) is 28.6 Å². The standard InChI is InChI=1S/C16H15ClN2OS/c1-10(11-3-6-13(20-2)7-4-11)19-15-8-5-12(17)9-14(15)18-16(19)21/h3-10H,1-2H3,(H,18,21). The monoisotopic (exact) mass is 318 g/mol. The van der Waals surface area contributed by atoms with Crippen LogP contribution in [0.15, 0.2) is 42.5 Å². The number of nitrogens with one attached hydrogen (secondary N) is 1. The van der Waals surface area contributed by atoms with Crippen LogP contribution in [0.4, 0.5) is 0 Å². The molecule has 3 nitrogen and oxygen atoms in total. The smallest absolute Gasteiger partial charge is 0.178 e. The molecule has 0 bridgehead atoms. The van der Waals surface area contributed by atoms with Crippen LogP contribution < -0.4 is 4.74 Å². The first-order valence-corrected chi connectivity index (χ1v) is 7.42. The number of aromatic nitrogens is 2. The molecule has 1 N–H and O–H groups in total. The summed E-state index contributed by atoms with van der Waals surface area (Å²) in [5.74, 6) is 0.847. The molecule has 1 atom stereocenters. The molecule has 21 heavy (non-hydrogen) atoms. The van der Waals surface area contributed by atoms with Gasteiger partial charge in [0, 0.05) is 5.02 Å². The number of imidazole rings is 1. The zero-order chi connectivity index (χ0) is 15.0. The Hall–Kier alpha value is -1.78. The lowest BCUT2D eigenvalue weighted by atomic mass is 10.1. The van der Waals surface area contributed by atoms with Crippen LogP contribution in [0.25, 0.3) is 11.0 Å². The molecule has 108 valence electrons. The normalized spacial score (nSPS) is 12.5. The first-order chi connectivity index (χ1) is 10.1. The Morgan fingerprint density at radius 1 is 1.19 bits per heavy atom. The van der Waals surface area contributed by atoms with Crippen molar-refractivity contribution in [3.8, 4) is 5.75 Å². The van der Waals surface area contributed by atoms with E-state index in [-0.39, 0.29) is 6.04 Å². The minimum atomic E-state index is 0.123. The number of hydrogen-bond donors (Lipinski definition) is 1. The molecular formula is C16H15ClN2OS. The van der Waals surface area contributed by atoms with E-state index in [1.165, 1.54) is 5.56 Å². The van der Waals surface area contributed by atoms with Crippen molar-refractivity contribution in [3.05, 3.63) is 57.8 Å². The second-order valence-corrected chi connectivity index (χ2v) is 5.73. The van der Waals surface area contributed by atoms with E-state index in [1.807, 2.05) is 30.3 Å². The van der Waals surface area contributed by atoms with Crippen molar-refractivity contribution in [1.82, 2.24) is 9.55 Å². The summed E-state index contributed by atoms with van der Waals surface area (Å²) >= 11 is 11.5. The highest BCUT2D eigenvalue weighted by Crippen LogP contribution is 2.27. The average molecular weight is 319 g/mol. The van der Waals surface area contributed by atoms with E-state index in [2.05, 4.69) is 28.6 Å². The van der Waals surface area contributed by atoms with Gasteiger partial charge in [-0.3, -0.25) is 0 Å². The van der Waals surface area contributed by atoms with Gasteiger partial charge in [-0.25, -0.2) is 0 Å². The number of hydrogen-bond acceptors (Lipinski definition) is 2. The first kappa shape index (κ1) is 14.2. The van der Waals surface area contributed by atoms with Crippen molar-refractivity contribution in [1.29, 1.82) is 0 Å². The van der Waals surface area contributed by atoms with Gasteiger partial charge >= 0.3 is 0 Å². The van der Waals surface area contributed by atoms with Crippen molar-refractivity contribution < 1.29 is 4.74 Å². The van der Waals surface area contributed by atoms with Crippen LogP contribution in [0.1, 0.15) is 18.5 Å². The number of H-pyrrole nitrogens is 1. The topological polar surface area (TPSA) is 29.9 Å². The number of benzene rings is 2. The van der Waals surface area contributed by atoms with Crippen LogP contribution >= 0.6 is 23.8 Å². The van der Waals surface area contributed by atoms with Crippen molar-refractivity contribution in [3.63, 3.8) is 0 Å². The van der Waals surface area contributed by atoms with Gasteiger partial charge in [-0.1, -0.05) is 23.7 Å². The molecule has 0 radical (unpaired) electrons. The summed E-state index contributed by atoms with van der Waals surface area (Å²) in [5, 5.41) is 0.697. The maximum Gasteiger partial charge on any atom is 0.178 e. The molecule has 1 unspecified atom stereocenters. The Morgan fingerprint density at radius 3 is 2.57 bits per heavy atom. The predicted octanol–water partition coefficient (Wildman–Crippen LogP) is 4.97. The Balaban J connectivity index is 2.10. The maximum atomic E-state index is 6.03. The summed E-state index contributed by atoms with van der Waals surface area (Å²) < 4.78 is 7.99. The van der Waals surface area contributed by atoms with E-state index < -0.39 is 0 Å². The SMILES string of the molecule is COc1ccc(C(C)n2c(=S)[nH]c3cc(Cl)ccc32)cc1. The number of nitrogens with zero attached hydrogens (tertiary/aromatic N) is 1. The van der Waals surface area contributed by atoms with Gasteiger partial charge in [0.25, 0.3) is 0 Å². The van der Waals surface area contributed by atoms with Gasteiger partial charge < -0.3 is 14.3 Å². The Labute approximate surface area is 133 Å². The predicted molar refractivity (Wildman–Crippen MR) is 88.9 cm³/mol. The quantitative estimate of drug-likeness (QED) is 0.691. The molecule has 3 rings (SSSR count). The van der Waals surface area contributed by atoms with Gasteiger partial charge in [0.05, 0.1) is 24.2 Å². The molecule has 0 fully saturated rings. The summed E-state index contributed by atoms with van der Waals surface area (Å²) in [6.07, 6.45) is 0. The van der Waals surface area contributed by atoms with Crippen molar-refractivity contribution >= 4 is 34.9 Å². The van der Waals surface area contributed by atoms with E-state index in [0.717, 1.165) is 16.8 Å². The molecule has 0 aliphatic heterocycles. The molecule has 3 aromatic rings. The van der Waals surface area contributed by atoms with E-state index in [9.17, 15) is 0 Å². The maximum absolute atomic E-state index is 6.03. The van der Waals surface area contributed by atoms with Gasteiger partial charge in [-0.15, -0.1) is 0 Å².